The van der Waals surface area contributed by atoms with Crippen molar-refractivity contribution in [1.82, 2.24) is 9.97 Å². The molecule has 0 unspecified atom stereocenters. The average molecular weight is 230 g/mol. The summed E-state index contributed by atoms with van der Waals surface area (Å²) in [4.78, 5) is 8.59. The van der Waals surface area contributed by atoms with Gasteiger partial charge in [-0.1, -0.05) is 19.2 Å². The van der Waals surface area contributed by atoms with Crippen LogP contribution >= 0.6 is 0 Å². The lowest BCUT2D eigenvalue weighted by Crippen LogP contribution is -2.25. The summed E-state index contributed by atoms with van der Waals surface area (Å²) in [7, 11) is -0.915. The third kappa shape index (κ3) is 2.11. The number of rotatable bonds is 2. The topological polar surface area (TPSA) is 46.0 Å². The molecule has 3 nitrogen and oxygen atoms in total. The molecule has 2 aromatic rings. The molecule has 0 fully saturated rings. The van der Waals surface area contributed by atoms with Gasteiger partial charge in [-0.15, -0.1) is 0 Å². The summed E-state index contributed by atoms with van der Waals surface area (Å²) < 4.78 is 0. The van der Waals surface area contributed by atoms with E-state index in [1.54, 1.807) is 18.3 Å². The third-order valence-electron chi connectivity index (χ3n) is 2.45. The Morgan fingerprint density at radius 2 is 1.94 bits per heavy atom. The minimum absolute atomic E-state index is 0.183. The Balaban J connectivity index is 2.51. The average Bonchev–Trinajstić information content (AvgIpc) is 2.30. The normalized spacial score (nSPS) is 10.7. The molecule has 0 aliphatic heterocycles. The largest absolute Gasteiger partial charge is 0.506 e. The summed E-state index contributed by atoms with van der Waals surface area (Å²) in [5.41, 5.74) is 1.78. The Bertz CT molecular complexity index is 483. The fourth-order valence-corrected chi connectivity index (χ4v) is 2.89. The van der Waals surface area contributed by atoms with Crippen molar-refractivity contribution in [3.63, 3.8) is 0 Å². The van der Waals surface area contributed by atoms with Gasteiger partial charge in [0.05, 0.1) is 26.4 Å². The zero-order chi connectivity index (χ0) is 11.5. The highest BCUT2D eigenvalue weighted by molar-refractivity contribution is 6.72. The number of pyridine rings is 2. The van der Waals surface area contributed by atoms with Crippen molar-refractivity contribution in [1.29, 1.82) is 0 Å². The Morgan fingerprint density at radius 1 is 1.12 bits per heavy atom. The van der Waals surface area contributed by atoms with Gasteiger partial charge in [0.15, 0.2) is 0 Å². The highest BCUT2D eigenvalue weighted by atomic mass is 28.3. The predicted molar refractivity (Wildman–Crippen MR) is 67.6 cm³/mol. The Kier molecular flexibility index (Phi) is 3.01. The van der Waals surface area contributed by atoms with Gasteiger partial charge in [-0.2, -0.15) is 0 Å². The highest BCUT2D eigenvalue weighted by Gasteiger charge is 2.10. The maximum atomic E-state index is 9.21. The zero-order valence-corrected chi connectivity index (χ0v) is 10.5. The zero-order valence-electron chi connectivity index (χ0n) is 9.38. The molecule has 16 heavy (non-hydrogen) atoms. The molecule has 0 aliphatic carbocycles. The summed E-state index contributed by atoms with van der Waals surface area (Å²) in [6.07, 6.45) is 3.24. The molecule has 82 valence electrons. The van der Waals surface area contributed by atoms with E-state index >= 15 is 0 Å². The first-order valence-corrected chi connectivity index (χ1v) is 8.17. The van der Waals surface area contributed by atoms with Crippen LogP contribution in [0.3, 0.4) is 0 Å². The minimum atomic E-state index is -0.915. The van der Waals surface area contributed by atoms with E-state index in [9.17, 15) is 5.11 Å². The summed E-state index contributed by atoms with van der Waals surface area (Å²) in [6.45, 7) is 4.53. The molecule has 0 spiro atoms. The van der Waals surface area contributed by atoms with Crippen LogP contribution in [0.1, 0.15) is 0 Å². The van der Waals surface area contributed by atoms with E-state index in [1.165, 1.54) is 11.4 Å². The predicted octanol–water partition coefficient (Wildman–Crippen LogP) is 1.54. The van der Waals surface area contributed by atoms with Gasteiger partial charge < -0.3 is 5.11 Å². The SMILES string of the molecule is C[SiH](C)c1cccnc1-c1ccc(O)cn1. The molecule has 0 radical (unpaired) electrons. The lowest BCUT2D eigenvalue weighted by molar-refractivity contribution is 0.473. The standard InChI is InChI=1S/C12H14N2OSi/c1-16(2)11-4-3-7-13-12(11)10-6-5-9(15)8-14-10/h3-8,15-16H,1-2H3. The number of hydrogen-bond donors (Lipinski definition) is 1. The second-order valence-electron chi connectivity index (χ2n) is 4.00. The molecule has 0 amide bonds. The monoisotopic (exact) mass is 230 g/mol. The first-order chi connectivity index (χ1) is 7.68. The van der Waals surface area contributed by atoms with Crippen LogP contribution in [0.25, 0.3) is 11.4 Å². The highest BCUT2D eigenvalue weighted by Crippen LogP contribution is 2.15. The van der Waals surface area contributed by atoms with Crippen LogP contribution < -0.4 is 5.19 Å². The van der Waals surface area contributed by atoms with E-state index in [4.69, 9.17) is 0 Å². The maximum Gasteiger partial charge on any atom is 0.133 e. The maximum absolute atomic E-state index is 9.21. The van der Waals surface area contributed by atoms with Gasteiger partial charge in [-0.25, -0.2) is 0 Å². The van der Waals surface area contributed by atoms with E-state index in [2.05, 4.69) is 29.1 Å². The lowest BCUT2D eigenvalue weighted by atomic mass is 10.2. The van der Waals surface area contributed by atoms with Crippen molar-refractivity contribution in [3.05, 3.63) is 36.7 Å². The Hall–Kier alpha value is -1.68. The number of aromatic hydroxyl groups is 1. The molecule has 0 saturated heterocycles. The molecule has 1 N–H and O–H groups in total. The van der Waals surface area contributed by atoms with Crippen LogP contribution in [0.5, 0.6) is 5.75 Å². The molecule has 4 heteroatoms. The second kappa shape index (κ2) is 4.45. The van der Waals surface area contributed by atoms with Crippen LogP contribution in [0.15, 0.2) is 36.7 Å². The lowest BCUT2D eigenvalue weighted by Gasteiger charge is -2.09. The summed E-state index contributed by atoms with van der Waals surface area (Å²) in [5.74, 6) is 0.183. The second-order valence-corrected chi connectivity index (χ2v) is 6.93. The Morgan fingerprint density at radius 3 is 2.56 bits per heavy atom. The molecule has 0 saturated carbocycles. The van der Waals surface area contributed by atoms with Crippen LogP contribution in [0.4, 0.5) is 0 Å². The van der Waals surface area contributed by atoms with Crippen LogP contribution in [0.2, 0.25) is 13.1 Å². The van der Waals surface area contributed by atoms with Gasteiger partial charge in [-0.3, -0.25) is 9.97 Å². The van der Waals surface area contributed by atoms with Crippen LogP contribution in [0, 0.1) is 0 Å². The van der Waals surface area contributed by atoms with E-state index in [0.717, 1.165) is 11.4 Å². The van der Waals surface area contributed by atoms with Gasteiger partial charge in [-0.05, 0) is 23.4 Å². The molecule has 2 aromatic heterocycles. The minimum Gasteiger partial charge on any atom is -0.506 e. The van der Waals surface area contributed by atoms with E-state index < -0.39 is 8.80 Å². The number of hydrogen-bond acceptors (Lipinski definition) is 3. The molecule has 2 heterocycles. The van der Waals surface area contributed by atoms with Crippen molar-refractivity contribution >= 4 is 14.0 Å². The quantitative estimate of drug-likeness (QED) is 0.796. The van der Waals surface area contributed by atoms with Crippen molar-refractivity contribution in [3.8, 4) is 17.1 Å². The third-order valence-corrected chi connectivity index (χ3v) is 4.16. The van der Waals surface area contributed by atoms with Gasteiger partial charge in [0.1, 0.15) is 5.75 Å². The van der Waals surface area contributed by atoms with Gasteiger partial charge in [0.25, 0.3) is 0 Å². The Labute approximate surface area is 96.4 Å². The molecule has 0 bridgehead atoms. The van der Waals surface area contributed by atoms with Crippen molar-refractivity contribution < 1.29 is 5.11 Å². The van der Waals surface area contributed by atoms with Gasteiger partial charge in [0, 0.05) is 6.20 Å². The van der Waals surface area contributed by atoms with Crippen molar-refractivity contribution in [2.75, 3.05) is 0 Å². The number of nitrogens with zero attached hydrogens (tertiary/aromatic N) is 2. The first-order valence-electron chi connectivity index (χ1n) is 5.29. The molecule has 0 aliphatic rings. The summed E-state index contributed by atoms with van der Waals surface area (Å²) in [6, 6.07) is 7.53. The first kappa shape index (κ1) is 10.8. The molecular weight excluding hydrogens is 216 g/mol. The molecule has 0 atom stereocenters. The summed E-state index contributed by atoms with van der Waals surface area (Å²) in [5, 5.41) is 10.5. The van der Waals surface area contributed by atoms with E-state index in [1.807, 2.05) is 6.07 Å². The smallest absolute Gasteiger partial charge is 0.133 e. The van der Waals surface area contributed by atoms with E-state index in [-0.39, 0.29) is 5.75 Å². The molecule has 2 rings (SSSR count). The molecule has 0 aromatic carbocycles. The van der Waals surface area contributed by atoms with Crippen LogP contribution in [-0.2, 0) is 0 Å². The van der Waals surface area contributed by atoms with Crippen LogP contribution in [-0.4, -0.2) is 23.9 Å². The van der Waals surface area contributed by atoms with Gasteiger partial charge in [0.2, 0.25) is 0 Å². The van der Waals surface area contributed by atoms with E-state index in [0.29, 0.717) is 0 Å². The fourth-order valence-electron chi connectivity index (χ4n) is 1.62. The fraction of sp³-hybridized carbons (Fsp3) is 0.167. The summed E-state index contributed by atoms with van der Waals surface area (Å²) >= 11 is 0. The number of aromatic nitrogens is 2. The van der Waals surface area contributed by atoms with Crippen molar-refractivity contribution in [2.45, 2.75) is 13.1 Å². The van der Waals surface area contributed by atoms with Gasteiger partial charge >= 0.3 is 0 Å². The van der Waals surface area contributed by atoms with Crippen molar-refractivity contribution in [2.24, 2.45) is 0 Å². The molecular formula is C12H14N2OSi.